The first-order valence-electron chi connectivity index (χ1n) is 17.3. The largest absolute Gasteiger partial charge is 0.454 e. The molecule has 15 nitrogen and oxygen atoms in total. The first kappa shape index (κ1) is 37.1. The summed E-state index contributed by atoms with van der Waals surface area (Å²) in [5.41, 5.74) is 0.112. The minimum atomic E-state index is -4.24. The Hall–Kier alpha value is -3.67. The van der Waals surface area contributed by atoms with Gasteiger partial charge in [0, 0.05) is 32.2 Å². The van der Waals surface area contributed by atoms with Crippen LogP contribution in [0.4, 0.5) is 9.59 Å². The summed E-state index contributed by atoms with van der Waals surface area (Å²) in [6.45, 7) is 5.85. The number of nitrogens with one attached hydrogen (secondary N) is 1. The second kappa shape index (κ2) is 16.3. The van der Waals surface area contributed by atoms with E-state index in [1.54, 1.807) is 4.90 Å². The molecular weight excluding hydrogens is 686 g/mol. The predicted octanol–water partition coefficient (Wildman–Crippen LogP) is 2.75. The summed E-state index contributed by atoms with van der Waals surface area (Å²) in [7, 11) is -4.24. The fourth-order valence-corrected chi connectivity index (χ4v) is 8.26. The third-order valence-corrected chi connectivity index (χ3v) is 11.4. The number of hydrogen-bond acceptors (Lipinski definition) is 12. The zero-order valence-electron chi connectivity index (χ0n) is 28.9. The number of aliphatic hydroxyl groups is 1. The van der Waals surface area contributed by atoms with Gasteiger partial charge in [0.1, 0.15) is 6.10 Å². The van der Waals surface area contributed by atoms with Gasteiger partial charge in [-0.3, -0.25) is 0 Å². The number of aliphatic hydroxyl groups excluding tert-OH is 1. The van der Waals surface area contributed by atoms with Crippen LogP contribution in [0.25, 0.3) is 0 Å². The lowest BCUT2D eigenvalue weighted by Gasteiger charge is -2.35. The summed E-state index contributed by atoms with van der Waals surface area (Å²) in [6.07, 6.45) is -2.24. The van der Waals surface area contributed by atoms with Crippen molar-refractivity contribution in [3.63, 3.8) is 0 Å². The summed E-state index contributed by atoms with van der Waals surface area (Å²) < 4.78 is 68.5. The van der Waals surface area contributed by atoms with E-state index in [9.17, 15) is 23.1 Å². The SMILES string of the molecule is CC(C)(CCOC(=O)N1CCOCC1)CN(C[C@@H](O)[C@H](Cc1ccccc1)NC(=O)O[C@H]1CO[C@H]2OCC[C@H]21)S(=O)(=O)c1ccc2c(c1)OCO2. The molecule has 51 heavy (non-hydrogen) atoms. The first-order valence-corrected chi connectivity index (χ1v) is 18.7. The molecule has 4 aliphatic heterocycles. The monoisotopic (exact) mass is 733 g/mol. The zero-order chi connectivity index (χ0) is 36.0. The van der Waals surface area contributed by atoms with Crippen LogP contribution in [-0.2, 0) is 40.1 Å². The smallest absolute Gasteiger partial charge is 0.409 e. The normalized spacial score (nSPS) is 22.7. The molecule has 0 aromatic heterocycles. The van der Waals surface area contributed by atoms with Gasteiger partial charge in [-0.05, 0) is 42.4 Å². The molecule has 5 atom stereocenters. The molecule has 0 bridgehead atoms. The number of carbonyl (C=O) groups is 2. The number of sulfonamides is 1. The number of morpholine rings is 1. The molecule has 0 aliphatic carbocycles. The van der Waals surface area contributed by atoms with Crippen molar-refractivity contribution in [1.82, 2.24) is 14.5 Å². The van der Waals surface area contributed by atoms with Crippen LogP contribution < -0.4 is 14.8 Å². The average Bonchev–Trinajstić information content (AvgIpc) is 3.87. The molecule has 0 radical (unpaired) electrons. The highest BCUT2D eigenvalue weighted by Gasteiger charge is 2.44. The van der Waals surface area contributed by atoms with Crippen molar-refractivity contribution in [2.45, 2.75) is 62.5 Å². The van der Waals surface area contributed by atoms with Gasteiger partial charge >= 0.3 is 12.2 Å². The van der Waals surface area contributed by atoms with Crippen molar-refractivity contribution in [2.75, 3.05) is 66.0 Å². The lowest BCUT2D eigenvalue weighted by molar-refractivity contribution is -0.0907. The van der Waals surface area contributed by atoms with Crippen LogP contribution in [-0.4, -0.2) is 125 Å². The minimum absolute atomic E-state index is 0.0260. The van der Waals surface area contributed by atoms with Crippen LogP contribution in [0.3, 0.4) is 0 Å². The van der Waals surface area contributed by atoms with Crippen LogP contribution in [0.1, 0.15) is 32.3 Å². The number of hydrogen-bond donors (Lipinski definition) is 2. The highest BCUT2D eigenvalue weighted by Crippen LogP contribution is 2.36. The molecule has 2 amide bonds. The highest BCUT2D eigenvalue weighted by molar-refractivity contribution is 7.89. The third-order valence-electron chi connectivity index (χ3n) is 9.56. The van der Waals surface area contributed by atoms with E-state index in [0.29, 0.717) is 57.3 Å². The molecule has 0 saturated carbocycles. The molecule has 3 fully saturated rings. The van der Waals surface area contributed by atoms with Crippen molar-refractivity contribution in [1.29, 1.82) is 0 Å². The van der Waals surface area contributed by atoms with Gasteiger partial charge in [-0.2, -0.15) is 4.31 Å². The van der Waals surface area contributed by atoms with Crippen molar-refractivity contribution in [3.8, 4) is 11.5 Å². The standard InChI is InChI=1S/C35H47N3O12S/c1-35(2,11-15-46-34(41)37-12-16-44-17-13-37)22-38(51(42,43)25-8-9-29-30(19-25)49-23-48-29)20-28(39)27(18-24-6-4-3-5-7-24)36-33(40)50-31-21-47-32-26(31)10-14-45-32/h3-9,19,26-28,31-32,39H,10-18,20-23H2,1-2H3,(H,36,40)/t26-,27-,28+,31-,32+/m0/s1. The Balaban J connectivity index is 1.19. The number of ether oxygens (including phenoxy) is 7. The summed E-state index contributed by atoms with van der Waals surface area (Å²) in [6, 6.07) is 12.7. The van der Waals surface area contributed by atoms with E-state index in [2.05, 4.69) is 5.32 Å². The quantitative estimate of drug-likeness (QED) is 0.292. The van der Waals surface area contributed by atoms with Crippen LogP contribution in [0, 0.1) is 11.3 Å². The Morgan fingerprint density at radius 3 is 2.61 bits per heavy atom. The van der Waals surface area contributed by atoms with E-state index in [-0.39, 0.29) is 50.3 Å². The molecule has 0 spiro atoms. The number of amides is 2. The maximum Gasteiger partial charge on any atom is 0.409 e. The fraction of sp³-hybridized carbons (Fsp3) is 0.600. The van der Waals surface area contributed by atoms with Gasteiger partial charge in [-0.25, -0.2) is 18.0 Å². The molecule has 280 valence electrons. The Bertz CT molecular complexity index is 1600. The van der Waals surface area contributed by atoms with Crippen molar-refractivity contribution >= 4 is 22.2 Å². The lowest BCUT2D eigenvalue weighted by atomic mass is 9.89. The third kappa shape index (κ3) is 9.42. The van der Waals surface area contributed by atoms with Crippen LogP contribution in [0.5, 0.6) is 11.5 Å². The summed E-state index contributed by atoms with van der Waals surface area (Å²) in [5.74, 6) is 0.644. The molecule has 4 aliphatic rings. The second-order valence-electron chi connectivity index (χ2n) is 13.9. The number of fused-ring (bicyclic) bond motifs is 2. The van der Waals surface area contributed by atoms with E-state index >= 15 is 0 Å². The second-order valence-corrected chi connectivity index (χ2v) is 15.9. The predicted molar refractivity (Wildman–Crippen MR) is 181 cm³/mol. The molecule has 4 heterocycles. The van der Waals surface area contributed by atoms with Gasteiger partial charge in [0.05, 0.1) is 56.0 Å². The molecule has 2 aromatic carbocycles. The minimum Gasteiger partial charge on any atom is -0.454 e. The molecule has 2 aromatic rings. The Morgan fingerprint density at radius 2 is 1.82 bits per heavy atom. The maximum absolute atomic E-state index is 14.3. The zero-order valence-corrected chi connectivity index (χ0v) is 29.8. The van der Waals surface area contributed by atoms with E-state index in [4.69, 9.17) is 33.2 Å². The molecule has 2 N–H and O–H groups in total. The van der Waals surface area contributed by atoms with Crippen LogP contribution >= 0.6 is 0 Å². The summed E-state index contributed by atoms with van der Waals surface area (Å²) >= 11 is 0. The molecule has 16 heteroatoms. The van der Waals surface area contributed by atoms with Gasteiger partial charge in [0.25, 0.3) is 0 Å². The summed E-state index contributed by atoms with van der Waals surface area (Å²) in [4.78, 5) is 27.4. The van der Waals surface area contributed by atoms with Crippen molar-refractivity contribution in [3.05, 3.63) is 54.1 Å². The van der Waals surface area contributed by atoms with Gasteiger partial charge in [-0.15, -0.1) is 0 Å². The highest BCUT2D eigenvalue weighted by atomic mass is 32.2. The number of alkyl carbamates (subject to hydrolysis) is 1. The molecule has 6 rings (SSSR count). The molecule has 0 unspecified atom stereocenters. The van der Waals surface area contributed by atoms with E-state index < -0.39 is 52.2 Å². The Kier molecular flexibility index (Phi) is 11.9. The number of benzene rings is 2. The van der Waals surface area contributed by atoms with Gasteiger partial charge in [0.2, 0.25) is 16.8 Å². The van der Waals surface area contributed by atoms with Gasteiger partial charge < -0.3 is 48.5 Å². The van der Waals surface area contributed by atoms with Crippen LogP contribution in [0.15, 0.2) is 53.4 Å². The van der Waals surface area contributed by atoms with Crippen molar-refractivity contribution in [2.24, 2.45) is 11.3 Å². The Labute approximate surface area is 298 Å². The molecule has 3 saturated heterocycles. The first-order chi connectivity index (χ1) is 24.5. The number of carbonyl (C=O) groups excluding carboxylic acids is 2. The van der Waals surface area contributed by atoms with Gasteiger partial charge in [-0.1, -0.05) is 44.2 Å². The van der Waals surface area contributed by atoms with E-state index in [1.807, 2.05) is 44.2 Å². The van der Waals surface area contributed by atoms with E-state index in [1.165, 1.54) is 22.5 Å². The van der Waals surface area contributed by atoms with Crippen LogP contribution in [0.2, 0.25) is 0 Å². The topological polar surface area (TPSA) is 172 Å². The summed E-state index contributed by atoms with van der Waals surface area (Å²) in [5, 5.41) is 14.6. The Morgan fingerprint density at radius 1 is 1.06 bits per heavy atom. The number of nitrogens with zero attached hydrogens (tertiary/aromatic N) is 2. The fourth-order valence-electron chi connectivity index (χ4n) is 6.60. The molecular formula is C35H47N3O12S. The van der Waals surface area contributed by atoms with E-state index in [0.717, 1.165) is 5.56 Å². The van der Waals surface area contributed by atoms with Crippen molar-refractivity contribution < 1.29 is 56.3 Å². The van der Waals surface area contributed by atoms with Gasteiger partial charge in [0.15, 0.2) is 17.8 Å². The lowest BCUT2D eigenvalue weighted by Crippen LogP contribution is -2.52. The average molecular weight is 734 g/mol. The maximum atomic E-state index is 14.3. The number of rotatable bonds is 14.